The number of aryl methyl sites for hydroxylation is 1. The van der Waals surface area contributed by atoms with Crippen molar-refractivity contribution in [2.24, 2.45) is 11.8 Å². The second-order valence-electron chi connectivity index (χ2n) is 15.5. The van der Waals surface area contributed by atoms with E-state index in [9.17, 15) is 0 Å². The van der Waals surface area contributed by atoms with Crippen LogP contribution in [0, 0.1) is 18.8 Å². The molecule has 0 saturated heterocycles. The maximum absolute atomic E-state index is 6.59. The number of allylic oxidation sites excluding steroid dienone is 20. The third-order valence-electron chi connectivity index (χ3n) is 11.8. The van der Waals surface area contributed by atoms with Gasteiger partial charge in [0.15, 0.2) is 0 Å². The van der Waals surface area contributed by atoms with E-state index in [-0.39, 0.29) is 0 Å². The van der Waals surface area contributed by atoms with E-state index in [0.29, 0.717) is 11.8 Å². The number of nitrogens with one attached hydrogen (secondary N) is 1. The van der Waals surface area contributed by atoms with Gasteiger partial charge in [0.05, 0.1) is 0 Å². The number of para-hydroxylation sites is 2. The van der Waals surface area contributed by atoms with Crippen molar-refractivity contribution in [3.8, 4) is 11.1 Å². The van der Waals surface area contributed by atoms with Gasteiger partial charge < -0.3 is 9.73 Å². The van der Waals surface area contributed by atoms with Crippen molar-refractivity contribution in [3.63, 3.8) is 0 Å². The first-order valence-electron chi connectivity index (χ1n) is 23.5. The Morgan fingerprint density at radius 3 is 2.44 bits per heavy atom. The van der Waals surface area contributed by atoms with Crippen LogP contribution in [0.4, 0.5) is 5.69 Å². The standard InChI is InChI=1S/C54H55NO.2C2H6.C2H4/c1-6-9-23-41-36(4)34-49(53-48-27-14-16-31-51(48)56-54(41)53)45-26-13-15-30-50(45)55-40-22-17-21-38(32-33-40)35-39(19-7-2)37(5)42-28-18-29-47-44-25-12-10-11-24-43(44)46(20-8-3)52(42)47;3*1-2/h9-10,12-16,18-20,22-28,30-35,37,47,55H,6-8,11,17,21,29H2,1-5H3;2*1-2H3;1-2H2/b23-9-,38-35+,39-19+,46-20-;;;. The topological polar surface area (TPSA) is 25.2 Å². The highest BCUT2D eigenvalue weighted by Gasteiger charge is 2.37. The Morgan fingerprint density at radius 2 is 1.66 bits per heavy atom. The molecule has 2 heteroatoms. The summed E-state index contributed by atoms with van der Waals surface area (Å²) in [4.78, 5) is 0. The molecule has 1 fully saturated rings. The smallest absolute Gasteiger partial charge is 0.143 e. The Kier molecular flexibility index (Phi) is 17.8. The zero-order valence-corrected chi connectivity index (χ0v) is 39.2. The summed E-state index contributed by atoms with van der Waals surface area (Å²) in [5.41, 5.74) is 19.1. The summed E-state index contributed by atoms with van der Waals surface area (Å²) in [6.45, 7) is 25.3. The minimum Gasteiger partial charge on any atom is -0.455 e. The lowest BCUT2D eigenvalue weighted by molar-refractivity contribution is 0.667. The molecule has 0 aliphatic heterocycles. The molecule has 2 unspecified atom stereocenters. The highest BCUT2D eigenvalue weighted by atomic mass is 16.3. The first-order valence-corrected chi connectivity index (χ1v) is 23.5. The third-order valence-corrected chi connectivity index (χ3v) is 11.8. The van der Waals surface area contributed by atoms with Gasteiger partial charge in [0.25, 0.3) is 0 Å². The van der Waals surface area contributed by atoms with Crippen LogP contribution >= 0.6 is 0 Å². The second-order valence-corrected chi connectivity index (χ2v) is 15.5. The van der Waals surface area contributed by atoms with Gasteiger partial charge in [-0.3, -0.25) is 0 Å². The summed E-state index contributed by atoms with van der Waals surface area (Å²) in [5, 5.41) is 6.17. The molecule has 1 aromatic heterocycles. The van der Waals surface area contributed by atoms with E-state index in [1.807, 2.05) is 27.7 Å². The minimum atomic E-state index is 0.299. The van der Waals surface area contributed by atoms with Crippen molar-refractivity contribution in [1.82, 2.24) is 0 Å². The average molecular weight is 822 g/mol. The number of fused-ring (bicyclic) bond motifs is 6. The van der Waals surface area contributed by atoms with E-state index in [4.69, 9.17) is 4.42 Å². The normalized spacial score (nSPS) is 18.7. The van der Waals surface area contributed by atoms with Gasteiger partial charge in [0.2, 0.25) is 0 Å². The van der Waals surface area contributed by atoms with Crippen LogP contribution in [-0.4, -0.2) is 0 Å². The van der Waals surface area contributed by atoms with Crippen LogP contribution in [0.3, 0.4) is 0 Å². The molecule has 4 aromatic rings. The summed E-state index contributed by atoms with van der Waals surface area (Å²) in [6.07, 6.45) is 40.1. The number of benzene rings is 3. The van der Waals surface area contributed by atoms with Crippen molar-refractivity contribution in [2.45, 2.75) is 107 Å². The predicted molar refractivity (Wildman–Crippen MR) is 275 cm³/mol. The molecule has 2 nitrogen and oxygen atoms in total. The minimum absolute atomic E-state index is 0.299. The summed E-state index contributed by atoms with van der Waals surface area (Å²) in [7, 11) is 0. The largest absolute Gasteiger partial charge is 0.455 e. The first-order chi connectivity index (χ1) is 30.5. The molecule has 0 radical (unpaired) electrons. The van der Waals surface area contributed by atoms with Crippen molar-refractivity contribution < 1.29 is 4.42 Å². The van der Waals surface area contributed by atoms with E-state index >= 15 is 0 Å². The predicted octanol–water partition coefficient (Wildman–Crippen LogP) is 18.4. The molecule has 1 N–H and O–H groups in total. The number of hydrogen-bond donors (Lipinski definition) is 1. The molecule has 1 saturated carbocycles. The Hall–Kier alpha value is -5.86. The summed E-state index contributed by atoms with van der Waals surface area (Å²) in [5.74, 6) is 0.745. The zero-order valence-electron chi connectivity index (χ0n) is 39.2. The highest BCUT2D eigenvalue weighted by molar-refractivity contribution is 6.15. The van der Waals surface area contributed by atoms with Gasteiger partial charge in [-0.15, -0.1) is 13.2 Å². The Balaban J connectivity index is 0.00000116. The van der Waals surface area contributed by atoms with E-state index in [2.05, 4.69) is 193 Å². The van der Waals surface area contributed by atoms with Crippen molar-refractivity contribution in [2.75, 3.05) is 5.32 Å². The van der Waals surface area contributed by atoms with E-state index in [1.165, 1.54) is 55.5 Å². The molecule has 3 aromatic carbocycles. The lowest BCUT2D eigenvalue weighted by atomic mass is 9.78. The van der Waals surface area contributed by atoms with E-state index in [1.54, 1.807) is 5.57 Å². The van der Waals surface area contributed by atoms with Crippen LogP contribution in [0.2, 0.25) is 0 Å². The molecule has 8 rings (SSSR count). The van der Waals surface area contributed by atoms with Crippen molar-refractivity contribution >= 4 is 33.7 Å². The van der Waals surface area contributed by atoms with Crippen molar-refractivity contribution in [1.29, 1.82) is 0 Å². The monoisotopic (exact) mass is 822 g/mol. The lowest BCUT2D eigenvalue weighted by Crippen LogP contribution is -2.12. The van der Waals surface area contributed by atoms with Crippen LogP contribution in [-0.2, 0) is 0 Å². The number of furan rings is 1. The molecule has 0 spiro atoms. The van der Waals surface area contributed by atoms with Crippen LogP contribution in [0.5, 0.6) is 0 Å². The maximum Gasteiger partial charge on any atom is 0.143 e. The average Bonchev–Trinajstić information content (AvgIpc) is 3.59. The van der Waals surface area contributed by atoms with Gasteiger partial charge >= 0.3 is 0 Å². The number of anilines is 1. The molecule has 2 atom stereocenters. The second kappa shape index (κ2) is 23.4. The molecular weight excluding hydrogens is 751 g/mol. The van der Waals surface area contributed by atoms with Crippen LogP contribution in [0.25, 0.3) is 39.1 Å². The Morgan fingerprint density at radius 1 is 0.887 bits per heavy atom. The van der Waals surface area contributed by atoms with Crippen LogP contribution in [0.1, 0.15) is 111 Å². The molecule has 4 aliphatic carbocycles. The zero-order chi connectivity index (χ0) is 44.6. The van der Waals surface area contributed by atoms with Gasteiger partial charge in [-0.1, -0.05) is 171 Å². The SMILES string of the molecule is C=C.CC.CC.CC/C=C\c1c(C)cc(-c2ccccc2NC2=CCC/C(=C\C(=C/CC)C(C)C3=C4/C(=C\CC)C5=CCC=CC=C5C4CC=C3)C=C2)c2c1oc1ccccc12. The van der Waals surface area contributed by atoms with E-state index < -0.39 is 0 Å². The van der Waals surface area contributed by atoms with Crippen LogP contribution in [0.15, 0.2) is 196 Å². The lowest BCUT2D eigenvalue weighted by Gasteiger charge is -2.25. The van der Waals surface area contributed by atoms with Crippen molar-refractivity contribution in [3.05, 3.63) is 203 Å². The summed E-state index contributed by atoms with van der Waals surface area (Å²) in [6, 6.07) is 19.5. The highest BCUT2D eigenvalue weighted by Crippen LogP contribution is 2.52. The van der Waals surface area contributed by atoms with Gasteiger partial charge in [-0.2, -0.15) is 0 Å². The molecular formula is C60H71NO. The molecule has 322 valence electrons. The maximum atomic E-state index is 6.59. The fourth-order valence-electron chi connectivity index (χ4n) is 9.16. The van der Waals surface area contributed by atoms with Gasteiger partial charge in [-0.25, -0.2) is 0 Å². The quantitative estimate of drug-likeness (QED) is 0.161. The molecule has 0 amide bonds. The fraction of sp³-hybridized carbons (Fsp3) is 0.300. The van der Waals surface area contributed by atoms with Gasteiger partial charge in [0.1, 0.15) is 11.2 Å². The fourth-order valence-corrected chi connectivity index (χ4v) is 9.16. The number of rotatable bonds is 10. The molecule has 62 heavy (non-hydrogen) atoms. The first kappa shape index (κ1) is 47.2. The molecule has 0 bridgehead atoms. The number of hydrogen-bond acceptors (Lipinski definition) is 2. The Bertz CT molecular complexity index is 2540. The molecule has 4 aliphatic rings. The van der Waals surface area contributed by atoms with E-state index in [0.717, 1.165) is 78.4 Å². The summed E-state index contributed by atoms with van der Waals surface area (Å²) < 4.78 is 6.59. The van der Waals surface area contributed by atoms with Crippen LogP contribution < -0.4 is 5.32 Å². The van der Waals surface area contributed by atoms with Gasteiger partial charge in [0, 0.05) is 45.1 Å². The van der Waals surface area contributed by atoms with Gasteiger partial charge in [-0.05, 0) is 126 Å². The third kappa shape index (κ3) is 10.1. The summed E-state index contributed by atoms with van der Waals surface area (Å²) >= 11 is 0. The Labute approximate surface area is 374 Å². The molecule has 1 heterocycles.